The van der Waals surface area contributed by atoms with Crippen molar-refractivity contribution in [1.29, 1.82) is 0 Å². The van der Waals surface area contributed by atoms with Gasteiger partial charge in [0.25, 0.3) is 0 Å². The smallest absolute Gasteiger partial charge is 0.224 e. The number of hydrogen-bond acceptors (Lipinski definition) is 3. The fourth-order valence-electron chi connectivity index (χ4n) is 4.86. The lowest BCUT2D eigenvalue weighted by atomic mass is 10.00. The quantitative estimate of drug-likeness (QED) is 0.298. The summed E-state index contributed by atoms with van der Waals surface area (Å²) in [5, 5.41) is 7.16. The number of aromatic nitrogens is 2. The molecule has 2 atom stereocenters. The second kappa shape index (κ2) is 10.2. The van der Waals surface area contributed by atoms with Crippen LogP contribution in [0, 0.1) is 20.8 Å². The first kappa shape index (κ1) is 24.7. The van der Waals surface area contributed by atoms with Crippen LogP contribution in [0.15, 0.2) is 79.1 Å². The van der Waals surface area contributed by atoms with Crippen LogP contribution in [0.2, 0.25) is 0 Å². The van der Waals surface area contributed by atoms with Crippen LogP contribution in [0.3, 0.4) is 0 Å². The number of thiocarbonyl (C=S) groups is 1. The Morgan fingerprint density at radius 3 is 2.46 bits per heavy atom. The molecule has 0 spiro atoms. The van der Waals surface area contributed by atoms with E-state index >= 15 is 0 Å². The minimum atomic E-state index is -0.145. The molecular formula is C30H31N5OS. The predicted octanol–water partition coefficient (Wildman–Crippen LogP) is 6.32. The molecule has 2 N–H and O–H groups in total. The van der Waals surface area contributed by atoms with E-state index in [1.807, 2.05) is 50.4 Å². The van der Waals surface area contributed by atoms with E-state index in [1.54, 1.807) is 0 Å². The van der Waals surface area contributed by atoms with Crippen LogP contribution in [0.25, 0.3) is 5.69 Å². The minimum Gasteiger partial charge on any atom is -0.351 e. The Morgan fingerprint density at radius 2 is 1.76 bits per heavy atom. The lowest BCUT2D eigenvalue weighted by molar-refractivity contribution is -0.115. The third-order valence-electron chi connectivity index (χ3n) is 7.03. The number of nitrogens with one attached hydrogen (secondary N) is 2. The maximum absolute atomic E-state index is 12.0. The van der Waals surface area contributed by atoms with Crippen LogP contribution in [-0.2, 0) is 4.79 Å². The molecule has 4 aromatic rings. The molecule has 1 aliphatic heterocycles. The lowest BCUT2D eigenvalue weighted by Crippen LogP contribution is -2.30. The van der Waals surface area contributed by atoms with Crippen molar-refractivity contribution in [2.75, 3.05) is 10.2 Å². The molecule has 1 saturated heterocycles. The molecule has 0 aliphatic carbocycles. The maximum atomic E-state index is 12.0. The van der Waals surface area contributed by atoms with Gasteiger partial charge in [-0.3, -0.25) is 9.78 Å². The molecular weight excluding hydrogens is 478 g/mol. The van der Waals surface area contributed by atoms with Crippen LogP contribution < -0.4 is 15.5 Å². The maximum Gasteiger partial charge on any atom is 0.224 e. The van der Waals surface area contributed by atoms with Gasteiger partial charge in [-0.05, 0) is 104 Å². The van der Waals surface area contributed by atoms with Gasteiger partial charge in [-0.2, -0.15) is 0 Å². The Balaban J connectivity index is 1.62. The Morgan fingerprint density at radius 1 is 0.973 bits per heavy atom. The van der Waals surface area contributed by atoms with E-state index in [9.17, 15) is 4.79 Å². The summed E-state index contributed by atoms with van der Waals surface area (Å²) in [5.41, 5.74) is 8.39. The van der Waals surface area contributed by atoms with Crippen molar-refractivity contribution in [2.24, 2.45) is 0 Å². The van der Waals surface area contributed by atoms with E-state index in [4.69, 9.17) is 12.2 Å². The van der Waals surface area contributed by atoms with Gasteiger partial charge in [0.1, 0.15) is 6.04 Å². The van der Waals surface area contributed by atoms with Gasteiger partial charge in [0.2, 0.25) is 5.91 Å². The van der Waals surface area contributed by atoms with Crippen LogP contribution in [0.4, 0.5) is 11.4 Å². The number of carbonyl (C=O) groups is 1. The Kier molecular flexibility index (Phi) is 6.80. The van der Waals surface area contributed by atoms with Crippen molar-refractivity contribution in [3.63, 3.8) is 0 Å². The van der Waals surface area contributed by atoms with Crippen molar-refractivity contribution in [3.05, 3.63) is 107 Å². The number of anilines is 2. The van der Waals surface area contributed by atoms with E-state index in [2.05, 4.69) is 81.5 Å². The van der Waals surface area contributed by atoms with E-state index < -0.39 is 0 Å². The zero-order chi connectivity index (χ0) is 26.1. The van der Waals surface area contributed by atoms with Crippen LogP contribution in [0.1, 0.15) is 53.5 Å². The van der Waals surface area contributed by atoms with Crippen LogP contribution >= 0.6 is 12.2 Å². The van der Waals surface area contributed by atoms with Gasteiger partial charge >= 0.3 is 0 Å². The monoisotopic (exact) mass is 509 g/mol. The number of aryl methyl sites for hydroxylation is 3. The van der Waals surface area contributed by atoms with Crippen molar-refractivity contribution in [1.82, 2.24) is 14.9 Å². The van der Waals surface area contributed by atoms with Gasteiger partial charge in [0.05, 0.1) is 11.7 Å². The van der Waals surface area contributed by atoms with Gasteiger partial charge in [0, 0.05) is 41.6 Å². The zero-order valence-electron chi connectivity index (χ0n) is 21.5. The summed E-state index contributed by atoms with van der Waals surface area (Å²) < 4.78 is 2.23. The number of carbonyl (C=O) groups excluding carboxylic acids is 1. The van der Waals surface area contributed by atoms with Gasteiger partial charge in [-0.25, -0.2) is 0 Å². The Bertz CT molecular complexity index is 1460. The minimum absolute atomic E-state index is 0.00600. The van der Waals surface area contributed by atoms with Crippen LogP contribution in [-0.4, -0.2) is 20.6 Å². The van der Waals surface area contributed by atoms with Crippen molar-refractivity contribution >= 4 is 34.6 Å². The van der Waals surface area contributed by atoms with Crippen molar-refractivity contribution in [2.45, 2.75) is 46.2 Å². The standard InChI is InChI=1S/C30H31N5OS/c1-5-27(36)32-24-14-13-23(18-21(24)4)35-29(28(33-30(35)37)25-9-6-7-15-31-25)26-10-8-16-34(26)22-12-11-19(2)20(3)17-22/h6-18,28-29H,5H2,1-4H3,(H,32,36)(H,33,37)/t28-,29-/m1/s1. The molecule has 2 aromatic carbocycles. The topological polar surface area (TPSA) is 62.2 Å². The Hall–Kier alpha value is -3.97. The summed E-state index contributed by atoms with van der Waals surface area (Å²) in [5.74, 6) is -0.00600. The highest BCUT2D eigenvalue weighted by molar-refractivity contribution is 7.80. The lowest BCUT2D eigenvalue weighted by Gasteiger charge is -2.29. The second-order valence-corrected chi connectivity index (χ2v) is 9.86. The largest absolute Gasteiger partial charge is 0.351 e. The van der Waals surface area contributed by atoms with Crippen molar-refractivity contribution < 1.29 is 4.79 Å². The van der Waals surface area contributed by atoms with E-state index in [1.165, 1.54) is 11.1 Å². The normalized spacial score (nSPS) is 17.1. The van der Waals surface area contributed by atoms with E-state index in [-0.39, 0.29) is 18.0 Å². The van der Waals surface area contributed by atoms with E-state index in [0.717, 1.165) is 34.0 Å². The summed E-state index contributed by atoms with van der Waals surface area (Å²) in [4.78, 5) is 18.8. The highest BCUT2D eigenvalue weighted by Crippen LogP contribution is 2.43. The zero-order valence-corrected chi connectivity index (χ0v) is 22.3. The molecule has 1 amide bonds. The molecule has 37 heavy (non-hydrogen) atoms. The summed E-state index contributed by atoms with van der Waals surface area (Å²) in [7, 11) is 0. The molecule has 2 aromatic heterocycles. The molecule has 0 saturated carbocycles. The molecule has 188 valence electrons. The highest BCUT2D eigenvalue weighted by atomic mass is 32.1. The number of pyridine rings is 1. The number of benzene rings is 2. The average molecular weight is 510 g/mol. The number of rotatable bonds is 6. The van der Waals surface area contributed by atoms with Gasteiger partial charge in [-0.1, -0.05) is 19.1 Å². The summed E-state index contributed by atoms with van der Waals surface area (Å²) in [6, 6.07) is 22.5. The number of amides is 1. The summed E-state index contributed by atoms with van der Waals surface area (Å²) >= 11 is 5.92. The molecule has 0 radical (unpaired) electrons. The molecule has 0 bridgehead atoms. The summed E-state index contributed by atoms with van der Waals surface area (Å²) in [6.45, 7) is 8.12. The third-order valence-corrected chi connectivity index (χ3v) is 7.35. The van der Waals surface area contributed by atoms with Crippen molar-refractivity contribution in [3.8, 4) is 5.69 Å². The molecule has 1 aliphatic rings. The summed E-state index contributed by atoms with van der Waals surface area (Å²) in [6.07, 6.45) is 4.35. The first-order valence-electron chi connectivity index (χ1n) is 12.5. The first-order chi connectivity index (χ1) is 17.9. The Labute approximate surface area is 223 Å². The first-order valence-corrected chi connectivity index (χ1v) is 12.9. The number of hydrogen-bond donors (Lipinski definition) is 2. The van der Waals surface area contributed by atoms with E-state index in [0.29, 0.717) is 11.5 Å². The van der Waals surface area contributed by atoms with Gasteiger partial charge in [0.15, 0.2) is 5.11 Å². The second-order valence-electron chi connectivity index (χ2n) is 9.47. The van der Waals surface area contributed by atoms with Gasteiger partial charge < -0.3 is 20.1 Å². The molecule has 3 heterocycles. The molecule has 7 heteroatoms. The fourth-order valence-corrected chi connectivity index (χ4v) is 5.20. The average Bonchev–Trinajstić information content (AvgIpc) is 3.51. The molecule has 5 rings (SSSR count). The number of nitrogens with zero attached hydrogens (tertiary/aromatic N) is 3. The van der Waals surface area contributed by atoms with Crippen LogP contribution in [0.5, 0.6) is 0 Å². The highest BCUT2D eigenvalue weighted by Gasteiger charge is 2.42. The predicted molar refractivity (Wildman–Crippen MR) is 153 cm³/mol. The SMILES string of the molecule is CCC(=O)Nc1ccc(N2C(=S)N[C@H](c3ccccn3)[C@H]2c2cccn2-c2ccc(C)c(C)c2)cc1C. The molecule has 1 fully saturated rings. The third kappa shape index (κ3) is 4.74. The fraction of sp³-hybridized carbons (Fsp3) is 0.233. The molecule has 0 unspecified atom stereocenters. The molecule has 6 nitrogen and oxygen atoms in total. The van der Waals surface area contributed by atoms with Gasteiger partial charge in [-0.15, -0.1) is 0 Å².